The highest BCUT2D eigenvalue weighted by Crippen LogP contribution is 2.35. The number of urea groups is 1. The zero-order valence-corrected chi connectivity index (χ0v) is 20.3. The van der Waals surface area contributed by atoms with Crippen molar-refractivity contribution in [2.75, 3.05) is 23.1 Å². The van der Waals surface area contributed by atoms with Crippen molar-refractivity contribution in [3.63, 3.8) is 0 Å². The molecule has 0 aliphatic carbocycles. The monoisotopic (exact) mass is 491 g/mol. The molecular weight excluding hydrogens is 466 g/mol. The largest absolute Gasteiger partial charge is 0.325 e. The zero-order valence-electron chi connectivity index (χ0n) is 19.4. The summed E-state index contributed by atoms with van der Waals surface area (Å²) >= 11 is 0. The second-order valence-electron chi connectivity index (χ2n) is 8.96. The highest BCUT2D eigenvalue weighted by molar-refractivity contribution is 7.92. The summed E-state index contributed by atoms with van der Waals surface area (Å²) in [5.41, 5.74) is 1.02. The summed E-state index contributed by atoms with van der Waals surface area (Å²) in [6.07, 6.45) is 0.498. The molecular formula is C26H25N3O5S. The number of nitrogens with one attached hydrogen (secondary N) is 1. The molecule has 1 N–H and O–H groups in total. The Kier molecular flexibility index (Phi) is 5.40. The average molecular weight is 492 g/mol. The second-order valence-corrected chi connectivity index (χ2v) is 11.1. The Bertz CT molecular complexity index is 1490. The molecule has 2 aliphatic heterocycles. The van der Waals surface area contributed by atoms with Gasteiger partial charge in [-0.1, -0.05) is 42.5 Å². The molecule has 0 radical (unpaired) electrons. The van der Waals surface area contributed by atoms with Crippen LogP contribution in [-0.4, -0.2) is 49.9 Å². The van der Waals surface area contributed by atoms with E-state index in [1.807, 2.05) is 42.5 Å². The van der Waals surface area contributed by atoms with Crippen LogP contribution in [0, 0.1) is 0 Å². The van der Waals surface area contributed by atoms with Crippen LogP contribution in [-0.2, 0) is 26.8 Å². The van der Waals surface area contributed by atoms with Crippen molar-refractivity contribution in [2.24, 2.45) is 0 Å². The van der Waals surface area contributed by atoms with E-state index in [4.69, 9.17) is 0 Å². The van der Waals surface area contributed by atoms with E-state index in [9.17, 15) is 22.8 Å². The summed E-state index contributed by atoms with van der Waals surface area (Å²) in [6, 6.07) is 17.4. The molecule has 180 valence electrons. The van der Waals surface area contributed by atoms with Crippen molar-refractivity contribution >= 4 is 44.2 Å². The van der Waals surface area contributed by atoms with E-state index >= 15 is 0 Å². The first-order valence-corrected chi connectivity index (χ1v) is 13.1. The molecule has 3 aromatic carbocycles. The van der Waals surface area contributed by atoms with Gasteiger partial charge >= 0.3 is 6.03 Å². The Balaban J connectivity index is 1.40. The predicted molar refractivity (Wildman–Crippen MR) is 133 cm³/mol. The summed E-state index contributed by atoms with van der Waals surface area (Å²) in [4.78, 5) is 40.3. The number of carbonyl (C=O) groups excluding carboxylic acids is 3. The molecule has 1 atom stereocenters. The van der Waals surface area contributed by atoms with Crippen molar-refractivity contribution < 1.29 is 22.8 Å². The molecule has 9 heteroatoms. The number of benzene rings is 3. The zero-order chi connectivity index (χ0) is 25.0. The first-order chi connectivity index (χ1) is 16.7. The number of hydrogen-bond donors (Lipinski definition) is 1. The first kappa shape index (κ1) is 23.0. The summed E-state index contributed by atoms with van der Waals surface area (Å²) in [5.74, 6) is -0.891. The standard InChI is InChI=1S/C26H25N3O5S/c1-3-35(33,34)29-14-13-18-15-19(11-12-22(18)29)23(30)16-28-24(31)26(2,27-25(28)32)21-10-6-8-17-7-4-5-9-20(17)21/h4-12,15H,3,13-14,16H2,1-2H3,(H,27,32)/t26-/m0/s1. The highest BCUT2D eigenvalue weighted by Gasteiger charge is 2.50. The van der Waals surface area contributed by atoms with Gasteiger partial charge in [-0.3, -0.25) is 18.8 Å². The molecule has 8 nitrogen and oxygen atoms in total. The number of sulfonamides is 1. The highest BCUT2D eigenvalue weighted by atomic mass is 32.2. The van der Waals surface area contributed by atoms with Crippen LogP contribution in [0.3, 0.4) is 0 Å². The lowest BCUT2D eigenvalue weighted by Gasteiger charge is -2.24. The van der Waals surface area contributed by atoms with E-state index < -0.39 is 39.8 Å². The van der Waals surface area contributed by atoms with Gasteiger partial charge < -0.3 is 5.32 Å². The van der Waals surface area contributed by atoms with Crippen LogP contribution in [0.2, 0.25) is 0 Å². The molecule has 0 unspecified atom stereocenters. The number of anilines is 1. The fraction of sp³-hybridized carbons (Fsp3) is 0.269. The van der Waals surface area contributed by atoms with Crippen LogP contribution in [0.15, 0.2) is 60.7 Å². The van der Waals surface area contributed by atoms with E-state index in [-0.39, 0.29) is 5.75 Å². The molecule has 1 fully saturated rings. The van der Waals surface area contributed by atoms with Gasteiger partial charge in [0.1, 0.15) is 5.54 Å². The van der Waals surface area contributed by atoms with Gasteiger partial charge in [-0.25, -0.2) is 13.2 Å². The van der Waals surface area contributed by atoms with E-state index in [0.717, 1.165) is 21.2 Å². The number of amides is 3. The minimum Gasteiger partial charge on any atom is -0.319 e. The molecule has 2 heterocycles. The molecule has 35 heavy (non-hydrogen) atoms. The number of carbonyl (C=O) groups is 3. The lowest BCUT2D eigenvalue weighted by molar-refractivity contribution is -0.130. The quantitative estimate of drug-likeness (QED) is 0.421. The minimum atomic E-state index is -3.39. The maximum Gasteiger partial charge on any atom is 0.325 e. The number of ketones is 1. The van der Waals surface area contributed by atoms with E-state index in [2.05, 4.69) is 5.32 Å². The Morgan fingerprint density at radius 2 is 1.80 bits per heavy atom. The molecule has 1 saturated heterocycles. The van der Waals surface area contributed by atoms with E-state index in [0.29, 0.717) is 29.8 Å². The third kappa shape index (κ3) is 3.67. The van der Waals surface area contributed by atoms with Crippen LogP contribution in [0.1, 0.15) is 35.3 Å². The van der Waals surface area contributed by atoms with E-state index in [1.165, 1.54) is 4.31 Å². The smallest absolute Gasteiger partial charge is 0.319 e. The summed E-state index contributed by atoms with van der Waals surface area (Å²) in [6.45, 7) is 3.17. The van der Waals surface area contributed by atoms with Gasteiger partial charge in [-0.15, -0.1) is 0 Å². The van der Waals surface area contributed by atoms with Gasteiger partial charge in [0.2, 0.25) is 10.0 Å². The molecule has 3 aromatic rings. The lowest BCUT2D eigenvalue weighted by Crippen LogP contribution is -2.41. The van der Waals surface area contributed by atoms with Gasteiger partial charge in [-0.2, -0.15) is 0 Å². The fourth-order valence-electron chi connectivity index (χ4n) is 4.91. The Morgan fingerprint density at radius 1 is 1.06 bits per heavy atom. The van der Waals surface area contributed by atoms with Gasteiger partial charge in [-0.05, 0) is 60.4 Å². The van der Waals surface area contributed by atoms with Crippen molar-refractivity contribution in [1.29, 1.82) is 0 Å². The maximum atomic E-state index is 13.4. The SMILES string of the molecule is CCS(=O)(=O)N1CCc2cc(C(=O)CN3C(=O)N[C@@](C)(c4cccc5ccccc45)C3=O)ccc21. The summed E-state index contributed by atoms with van der Waals surface area (Å²) in [7, 11) is -3.39. The molecule has 5 rings (SSSR count). The molecule has 0 saturated carbocycles. The first-order valence-electron chi connectivity index (χ1n) is 11.4. The van der Waals surface area contributed by atoms with Gasteiger partial charge in [0.25, 0.3) is 5.91 Å². The van der Waals surface area contributed by atoms with Crippen molar-refractivity contribution in [3.05, 3.63) is 77.4 Å². The Labute approximate surface area is 203 Å². The fourth-order valence-corrected chi connectivity index (χ4v) is 6.07. The second kappa shape index (κ2) is 8.20. The number of imide groups is 1. The molecule has 0 spiro atoms. The van der Waals surface area contributed by atoms with Crippen LogP contribution >= 0.6 is 0 Å². The van der Waals surface area contributed by atoms with Crippen LogP contribution in [0.4, 0.5) is 10.5 Å². The van der Waals surface area contributed by atoms with Crippen molar-refractivity contribution in [2.45, 2.75) is 25.8 Å². The number of nitrogens with zero attached hydrogens (tertiary/aromatic N) is 2. The number of fused-ring (bicyclic) bond motifs is 2. The van der Waals surface area contributed by atoms with Crippen LogP contribution in [0.5, 0.6) is 0 Å². The Morgan fingerprint density at radius 3 is 2.57 bits per heavy atom. The maximum absolute atomic E-state index is 13.4. The minimum absolute atomic E-state index is 0.00519. The topological polar surface area (TPSA) is 104 Å². The molecule has 2 aliphatic rings. The summed E-state index contributed by atoms with van der Waals surface area (Å²) in [5, 5.41) is 4.57. The third-order valence-corrected chi connectivity index (χ3v) is 8.64. The number of rotatable bonds is 6. The molecule has 0 bridgehead atoms. The van der Waals surface area contributed by atoms with Crippen LogP contribution < -0.4 is 9.62 Å². The third-order valence-electron chi connectivity index (χ3n) is 6.86. The van der Waals surface area contributed by atoms with Gasteiger partial charge in [0.15, 0.2) is 5.78 Å². The molecule has 0 aromatic heterocycles. The lowest BCUT2D eigenvalue weighted by atomic mass is 9.87. The predicted octanol–water partition coefficient (Wildman–Crippen LogP) is 3.20. The van der Waals surface area contributed by atoms with Gasteiger partial charge in [0, 0.05) is 12.1 Å². The Hall–Kier alpha value is -3.72. The van der Waals surface area contributed by atoms with Crippen molar-refractivity contribution in [1.82, 2.24) is 10.2 Å². The average Bonchev–Trinajstić information content (AvgIpc) is 3.38. The van der Waals surface area contributed by atoms with Gasteiger partial charge in [0.05, 0.1) is 18.0 Å². The summed E-state index contributed by atoms with van der Waals surface area (Å²) < 4.78 is 26.0. The number of hydrogen-bond acceptors (Lipinski definition) is 5. The van der Waals surface area contributed by atoms with Crippen molar-refractivity contribution in [3.8, 4) is 0 Å². The van der Waals surface area contributed by atoms with Crippen LogP contribution in [0.25, 0.3) is 10.8 Å². The molecule has 3 amide bonds. The number of Topliss-reactive ketones (excluding diaryl/α,β-unsaturated/α-hetero) is 1. The normalized spacial score (nSPS) is 19.8. The van der Waals surface area contributed by atoms with E-state index in [1.54, 1.807) is 32.0 Å².